The van der Waals surface area contributed by atoms with Crippen molar-refractivity contribution in [1.82, 2.24) is 25.1 Å². The third kappa shape index (κ3) is 6.94. The number of thioether (sulfide) groups is 1. The smallest absolute Gasteiger partial charge is 0.287 e. The molecule has 1 unspecified atom stereocenters. The fourth-order valence-electron chi connectivity index (χ4n) is 5.53. The zero-order valence-corrected chi connectivity index (χ0v) is 28.1. The monoisotopic (exact) mass is 682 g/mol. The summed E-state index contributed by atoms with van der Waals surface area (Å²) in [7, 11) is 6.32. The number of carbonyl (C=O) groups excluding carboxylic acids is 2. The summed E-state index contributed by atoms with van der Waals surface area (Å²) in [5.74, 6) is 2.29. The van der Waals surface area contributed by atoms with E-state index in [1.807, 2.05) is 66.7 Å². The Morgan fingerprint density at radius 2 is 1.65 bits per heavy atom. The Kier molecular flexibility index (Phi) is 10.1. The second kappa shape index (κ2) is 15.0. The molecule has 252 valence electrons. The van der Waals surface area contributed by atoms with E-state index in [2.05, 4.69) is 15.5 Å². The molecule has 3 aromatic carbocycles. The maximum Gasteiger partial charge on any atom is 0.287 e. The number of amides is 2. The van der Waals surface area contributed by atoms with Gasteiger partial charge in [-0.3, -0.25) is 14.2 Å². The van der Waals surface area contributed by atoms with E-state index in [0.717, 1.165) is 22.6 Å². The lowest BCUT2D eigenvalue weighted by atomic mass is 9.97. The van der Waals surface area contributed by atoms with E-state index in [1.165, 1.54) is 23.0 Å². The van der Waals surface area contributed by atoms with Crippen LogP contribution in [0.4, 0.5) is 0 Å². The van der Waals surface area contributed by atoms with Crippen molar-refractivity contribution in [1.29, 1.82) is 0 Å². The summed E-state index contributed by atoms with van der Waals surface area (Å²) in [6.07, 6.45) is 1.88. The Labute approximate surface area is 286 Å². The average molecular weight is 683 g/mol. The fraction of sp³-hybridized carbons (Fsp3) is 0.229. The first-order chi connectivity index (χ1) is 23.9. The van der Waals surface area contributed by atoms with Crippen molar-refractivity contribution < 1.29 is 33.0 Å². The molecule has 0 aliphatic carbocycles. The molecule has 2 amide bonds. The number of hydrogen-bond donors (Lipinski definition) is 1. The lowest BCUT2D eigenvalue weighted by Gasteiger charge is -2.24. The van der Waals surface area contributed by atoms with Crippen molar-refractivity contribution in [2.45, 2.75) is 24.2 Å². The highest BCUT2D eigenvalue weighted by Gasteiger charge is 2.36. The predicted molar refractivity (Wildman–Crippen MR) is 182 cm³/mol. The minimum Gasteiger partial charge on any atom is -0.497 e. The number of benzene rings is 3. The number of ether oxygens (including phenoxy) is 4. The van der Waals surface area contributed by atoms with Gasteiger partial charge in [0.05, 0.1) is 64.4 Å². The van der Waals surface area contributed by atoms with Gasteiger partial charge >= 0.3 is 0 Å². The number of hydrogen-bond acceptors (Lipinski definition) is 11. The third-order valence-electron chi connectivity index (χ3n) is 7.88. The molecule has 5 aromatic rings. The van der Waals surface area contributed by atoms with Crippen molar-refractivity contribution in [2.24, 2.45) is 5.10 Å². The fourth-order valence-corrected chi connectivity index (χ4v) is 6.34. The van der Waals surface area contributed by atoms with E-state index >= 15 is 0 Å². The highest BCUT2D eigenvalue weighted by Crippen LogP contribution is 2.42. The lowest BCUT2D eigenvalue weighted by Crippen LogP contribution is -2.29. The molecule has 6 rings (SSSR count). The number of para-hydroxylation sites is 3. The van der Waals surface area contributed by atoms with Gasteiger partial charge < -0.3 is 28.7 Å². The van der Waals surface area contributed by atoms with Crippen LogP contribution in [0, 0.1) is 0 Å². The molecule has 1 aliphatic rings. The molecule has 13 nitrogen and oxygen atoms in total. The van der Waals surface area contributed by atoms with Gasteiger partial charge in [-0.05, 0) is 60.2 Å². The maximum absolute atomic E-state index is 14.1. The molecule has 0 radical (unpaired) electrons. The van der Waals surface area contributed by atoms with Crippen LogP contribution in [-0.4, -0.2) is 71.5 Å². The summed E-state index contributed by atoms with van der Waals surface area (Å²) in [5.41, 5.74) is 3.02. The summed E-state index contributed by atoms with van der Waals surface area (Å²) in [4.78, 5) is 26.8. The molecule has 0 bridgehead atoms. The van der Waals surface area contributed by atoms with E-state index in [4.69, 9.17) is 28.5 Å². The highest BCUT2D eigenvalue weighted by molar-refractivity contribution is 7.99. The Morgan fingerprint density at radius 1 is 0.878 bits per heavy atom. The first-order valence-corrected chi connectivity index (χ1v) is 16.2. The summed E-state index contributed by atoms with van der Waals surface area (Å²) in [6, 6.07) is 23.2. The molecule has 1 atom stereocenters. The van der Waals surface area contributed by atoms with Crippen LogP contribution in [0.2, 0.25) is 0 Å². The first-order valence-electron chi connectivity index (χ1n) is 15.2. The molecule has 14 heteroatoms. The number of methoxy groups -OCH3 is 4. The molecule has 3 heterocycles. The van der Waals surface area contributed by atoms with Crippen LogP contribution >= 0.6 is 11.8 Å². The largest absolute Gasteiger partial charge is 0.497 e. The van der Waals surface area contributed by atoms with Crippen molar-refractivity contribution in [3.8, 4) is 28.7 Å². The number of aromatic nitrogens is 3. The van der Waals surface area contributed by atoms with E-state index in [1.54, 1.807) is 45.1 Å². The maximum atomic E-state index is 14.1. The van der Waals surface area contributed by atoms with E-state index in [9.17, 15) is 9.59 Å². The quantitative estimate of drug-likeness (QED) is 0.163. The van der Waals surface area contributed by atoms with Crippen molar-refractivity contribution in [2.75, 3.05) is 34.2 Å². The second-order valence-corrected chi connectivity index (χ2v) is 11.6. The molecular weight excluding hydrogens is 648 g/mol. The van der Waals surface area contributed by atoms with Gasteiger partial charge in [0.15, 0.2) is 28.2 Å². The number of carbonyl (C=O) groups is 2. The third-order valence-corrected chi connectivity index (χ3v) is 8.80. The van der Waals surface area contributed by atoms with Gasteiger partial charge in [-0.25, -0.2) is 5.01 Å². The molecule has 49 heavy (non-hydrogen) atoms. The number of rotatable bonds is 13. The van der Waals surface area contributed by atoms with Gasteiger partial charge in [0.1, 0.15) is 11.5 Å². The highest BCUT2D eigenvalue weighted by atomic mass is 32.2. The van der Waals surface area contributed by atoms with Crippen LogP contribution in [-0.2, 0) is 11.3 Å². The van der Waals surface area contributed by atoms with Crippen LogP contribution < -0.4 is 24.3 Å². The van der Waals surface area contributed by atoms with Crippen LogP contribution in [0.5, 0.6) is 23.0 Å². The first kappa shape index (κ1) is 33.2. The lowest BCUT2D eigenvalue weighted by molar-refractivity contribution is -0.130. The number of furan rings is 1. The topological polar surface area (TPSA) is 143 Å². The SMILES string of the molecule is COc1ccc(C2=NN(C(=O)CSc3nnc(CNC(=O)c4ccco4)n3-c3ccccc3OC)C(c3cccc(OC)c3OC)C2)cc1. The second-order valence-electron chi connectivity index (χ2n) is 10.7. The van der Waals surface area contributed by atoms with E-state index in [0.29, 0.717) is 40.3 Å². The molecule has 1 aliphatic heterocycles. The zero-order valence-electron chi connectivity index (χ0n) is 27.3. The minimum atomic E-state index is -0.463. The zero-order chi connectivity index (χ0) is 34.3. The Bertz CT molecular complexity index is 1960. The van der Waals surface area contributed by atoms with Gasteiger partial charge in [-0.15, -0.1) is 10.2 Å². The standard InChI is InChI=1S/C35H34N6O7S/c1-44-23-16-14-22(15-17-23)25-19-27(24-9-7-12-29(46-3)33(24)47-4)41(39-25)32(42)21-49-35-38-37-31(20-36-34(43)30-13-8-18-48-30)40(35)26-10-5-6-11-28(26)45-2/h5-18,27H,19-21H2,1-4H3,(H,36,43). The van der Waals surface area contributed by atoms with E-state index < -0.39 is 11.9 Å². The molecular formula is C35H34N6O7S. The van der Waals surface area contributed by atoms with Crippen molar-refractivity contribution in [3.63, 3.8) is 0 Å². The normalized spacial score (nSPS) is 13.9. The van der Waals surface area contributed by atoms with Gasteiger partial charge in [-0.1, -0.05) is 36.0 Å². The average Bonchev–Trinajstić information content (AvgIpc) is 3.93. The Hall–Kier alpha value is -5.76. The van der Waals surface area contributed by atoms with Crippen LogP contribution in [0.15, 0.2) is 99.8 Å². The van der Waals surface area contributed by atoms with Crippen LogP contribution in [0.3, 0.4) is 0 Å². The van der Waals surface area contributed by atoms with Gasteiger partial charge in [-0.2, -0.15) is 5.10 Å². The summed E-state index contributed by atoms with van der Waals surface area (Å²) < 4.78 is 29.3. The predicted octanol–water partition coefficient (Wildman–Crippen LogP) is 5.29. The Balaban J connectivity index is 1.30. The molecule has 0 spiro atoms. The molecule has 0 saturated carbocycles. The molecule has 1 N–H and O–H groups in total. The summed E-state index contributed by atoms with van der Waals surface area (Å²) in [6.45, 7) is 0.0401. The number of hydrazone groups is 1. The van der Waals surface area contributed by atoms with Gasteiger partial charge in [0, 0.05) is 12.0 Å². The Morgan fingerprint density at radius 3 is 2.37 bits per heavy atom. The molecule has 2 aromatic heterocycles. The van der Waals surface area contributed by atoms with E-state index in [-0.39, 0.29) is 24.0 Å². The van der Waals surface area contributed by atoms with Crippen molar-refractivity contribution in [3.05, 3.63) is 108 Å². The molecule has 0 saturated heterocycles. The minimum absolute atomic E-state index is 0.0196. The van der Waals surface area contributed by atoms with Gasteiger partial charge in [0.2, 0.25) is 0 Å². The number of nitrogens with one attached hydrogen (secondary N) is 1. The van der Waals surface area contributed by atoms with Gasteiger partial charge in [0.25, 0.3) is 11.8 Å². The van der Waals surface area contributed by atoms with Crippen molar-refractivity contribution >= 4 is 29.3 Å². The molecule has 0 fully saturated rings. The number of nitrogens with zero attached hydrogens (tertiary/aromatic N) is 5. The summed E-state index contributed by atoms with van der Waals surface area (Å²) >= 11 is 1.20. The summed E-state index contributed by atoms with van der Waals surface area (Å²) in [5, 5.41) is 18.3. The van der Waals surface area contributed by atoms with Crippen LogP contribution in [0.25, 0.3) is 5.69 Å². The van der Waals surface area contributed by atoms with Crippen LogP contribution in [0.1, 0.15) is 40.0 Å².